The molecular weight excluding hydrogens is 252 g/mol. The predicted octanol–water partition coefficient (Wildman–Crippen LogP) is 1.30. The number of nitrogens with one attached hydrogen (secondary N) is 1. The molecule has 4 rings (SSSR count). The highest BCUT2D eigenvalue weighted by Crippen LogP contribution is 2.34. The first-order valence-corrected chi connectivity index (χ1v) is 7.78. The fraction of sp³-hybridized carbons (Fsp3) is 0.733. The molecule has 3 heterocycles. The lowest BCUT2D eigenvalue weighted by molar-refractivity contribution is 0.353. The van der Waals surface area contributed by atoms with Gasteiger partial charge in [0.05, 0.1) is 0 Å². The van der Waals surface area contributed by atoms with Crippen LogP contribution in [0.3, 0.4) is 0 Å². The molecule has 2 aliphatic heterocycles. The molecule has 3 fully saturated rings. The van der Waals surface area contributed by atoms with Gasteiger partial charge in [-0.1, -0.05) is 0 Å². The normalized spacial score (nSPS) is 32.4. The van der Waals surface area contributed by atoms with Gasteiger partial charge in [0.1, 0.15) is 0 Å². The Hall–Kier alpha value is -1.36. The van der Waals surface area contributed by atoms with Crippen molar-refractivity contribution in [1.82, 2.24) is 14.9 Å². The van der Waals surface area contributed by atoms with Crippen molar-refractivity contribution in [2.75, 3.05) is 11.9 Å². The van der Waals surface area contributed by atoms with E-state index in [2.05, 4.69) is 15.2 Å². The molecule has 3 aliphatic rings. The molecule has 0 spiro atoms. The van der Waals surface area contributed by atoms with Gasteiger partial charge in [-0.2, -0.15) is 0 Å². The van der Waals surface area contributed by atoms with Crippen molar-refractivity contribution in [1.29, 1.82) is 0 Å². The highest BCUT2D eigenvalue weighted by molar-refractivity contribution is 5.37. The third kappa shape index (κ3) is 2.04. The zero-order valence-electron chi connectivity index (χ0n) is 12.0. The molecule has 0 aromatic carbocycles. The van der Waals surface area contributed by atoms with Crippen molar-refractivity contribution in [3.05, 3.63) is 22.7 Å². The van der Waals surface area contributed by atoms with E-state index in [1.807, 2.05) is 17.8 Å². The van der Waals surface area contributed by atoms with E-state index in [-0.39, 0.29) is 5.56 Å². The number of piperidine rings is 1. The van der Waals surface area contributed by atoms with Crippen LogP contribution in [0, 0.1) is 0 Å². The number of rotatable bonds is 3. The monoisotopic (exact) mass is 274 g/mol. The Morgan fingerprint density at radius 1 is 1.25 bits per heavy atom. The van der Waals surface area contributed by atoms with Gasteiger partial charge in [0.15, 0.2) is 5.82 Å². The Labute approximate surface area is 119 Å². The van der Waals surface area contributed by atoms with Crippen LogP contribution >= 0.6 is 0 Å². The average molecular weight is 274 g/mol. The topological polar surface area (TPSA) is 50.2 Å². The third-order valence-corrected chi connectivity index (χ3v) is 5.12. The number of hydrogen-bond acceptors (Lipinski definition) is 4. The Kier molecular flexibility index (Phi) is 2.84. The smallest absolute Gasteiger partial charge is 0.293 e. The lowest BCUT2D eigenvalue weighted by Crippen LogP contribution is -2.48. The summed E-state index contributed by atoms with van der Waals surface area (Å²) in [5, 5.41) is 3.65. The second kappa shape index (κ2) is 4.58. The largest absolute Gasteiger partial charge is 0.352 e. The maximum absolute atomic E-state index is 12.6. The van der Waals surface area contributed by atoms with Crippen LogP contribution in [0.25, 0.3) is 0 Å². The molecule has 2 atom stereocenters. The average Bonchev–Trinajstić information content (AvgIpc) is 3.24. The van der Waals surface area contributed by atoms with E-state index in [1.54, 1.807) is 6.20 Å². The second-order valence-corrected chi connectivity index (χ2v) is 6.57. The summed E-state index contributed by atoms with van der Waals surface area (Å²) < 4.78 is 1.87. The van der Waals surface area contributed by atoms with Gasteiger partial charge in [-0.25, -0.2) is 4.98 Å². The summed E-state index contributed by atoms with van der Waals surface area (Å²) in [6.07, 6.45) is 10.7. The maximum atomic E-state index is 12.6. The van der Waals surface area contributed by atoms with Crippen LogP contribution in [0.1, 0.15) is 44.6 Å². The summed E-state index contributed by atoms with van der Waals surface area (Å²) in [4.78, 5) is 19.1. The molecular formula is C15H22N4O. The zero-order chi connectivity index (χ0) is 13.7. The van der Waals surface area contributed by atoms with E-state index in [9.17, 15) is 4.79 Å². The third-order valence-electron chi connectivity index (χ3n) is 5.12. The zero-order valence-corrected chi connectivity index (χ0v) is 12.0. The Morgan fingerprint density at radius 2 is 1.95 bits per heavy atom. The first kappa shape index (κ1) is 12.4. The van der Waals surface area contributed by atoms with Gasteiger partial charge < -0.3 is 14.8 Å². The first-order valence-electron chi connectivity index (χ1n) is 7.78. The van der Waals surface area contributed by atoms with Crippen molar-refractivity contribution in [2.45, 2.75) is 62.7 Å². The molecule has 108 valence electrons. The molecule has 5 heteroatoms. The minimum Gasteiger partial charge on any atom is -0.352 e. The summed E-state index contributed by atoms with van der Waals surface area (Å²) in [5.41, 5.74) is 0.0865. The van der Waals surface area contributed by atoms with Crippen LogP contribution < -0.4 is 15.8 Å². The summed E-state index contributed by atoms with van der Waals surface area (Å²) in [5.74, 6) is 0.630. The van der Waals surface area contributed by atoms with E-state index in [0.717, 1.165) is 25.7 Å². The summed E-state index contributed by atoms with van der Waals surface area (Å²) in [6.45, 7) is 0. The highest BCUT2D eigenvalue weighted by Gasteiger charge is 2.36. The maximum Gasteiger partial charge on any atom is 0.293 e. The predicted molar refractivity (Wildman–Crippen MR) is 78.1 cm³/mol. The van der Waals surface area contributed by atoms with Gasteiger partial charge in [0.25, 0.3) is 5.56 Å². The van der Waals surface area contributed by atoms with Gasteiger partial charge in [0.2, 0.25) is 0 Å². The first-order chi connectivity index (χ1) is 9.72. The minimum atomic E-state index is 0.0865. The standard InChI is InChI=1S/C15H22N4O/c1-18(13-8-10-2-3-11(9-13)17-10)14-15(20)19(7-6-16-14)12-4-5-12/h6-7,10-13,17H,2-5,8-9H2,1H3. The molecule has 1 N–H and O–H groups in total. The van der Waals surface area contributed by atoms with Crippen molar-refractivity contribution >= 4 is 5.82 Å². The molecule has 0 radical (unpaired) electrons. The molecule has 20 heavy (non-hydrogen) atoms. The van der Waals surface area contributed by atoms with E-state index in [1.165, 1.54) is 12.8 Å². The van der Waals surface area contributed by atoms with Crippen LogP contribution in [0.15, 0.2) is 17.2 Å². The quantitative estimate of drug-likeness (QED) is 0.902. The Balaban J connectivity index is 1.60. The van der Waals surface area contributed by atoms with Gasteiger partial charge >= 0.3 is 0 Å². The van der Waals surface area contributed by atoms with Crippen LogP contribution in [0.5, 0.6) is 0 Å². The van der Waals surface area contributed by atoms with E-state index < -0.39 is 0 Å². The van der Waals surface area contributed by atoms with Crippen LogP contribution in [0.4, 0.5) is 5.82 Å². The van der Waals surface area contributed by atoms with E-state index >= 15 is 0 Å². The van der Waals surface area contributed by atoms with Crippen LogP contribution in [0.2, 0.25) is 0 Å². The summed E-state index contributed by atoms with van der Waals surface area (Å²) in [6, 6.07) is 2.14. The summed E-state index contributed by atoms with van der Waals surface area (Å²) in [7, 11) is 2.04. The van der Waals surface area contributed by atoms with Crippen LogP contribution in [-0.2, 0) is 0 Å². The number of hydrogen-bond donors (Lipinski definition) is 1. The molecule has 2 saturated heterocycles. The lowest BCUT2D eigenvalue weighted by Gasteiger charge is -2.35. The number of anilines is 1. The fourth-order valence-corrected chi connectivity index (χ4v) is 3.81. The fourth-order valence-electron chi connectivity index (χ4n) is 3.81. The molecule has 1 aromatic rings. The van der Waals surface area contributed by atoms with Crippen molar-refractivity contribution < 1.29 is 0 Å². The van der Waals surface area contributed by atoms with Crippen molar-refractivity contribution in [3.8, 4) is 0 Å². The number of aromatic nitrogens is 2. The van der Waals surface area contributed by atoms with Gasteiger partial charge in [-0.15, -0.1) is 0 Å². The van der Waals surface area contributed by atoms with E-state index in [4.69, 9.17) is 0 Å². The van der Waals surface area contributed by atoms with Crippen molar-refractivity contribution in [2.24, 2.45) is 0 Å². The lowest BCUT2D eigenvalue weighted by atomic mass is 9.98. The minimum absolute atomic E-state index is 0.0865. The molecule has 2 unspecified atom stereocenters. The Bertz CT molecular complexity index is 553. The van der Waals surface area contributed by atoms with E-state index in [0.29, 0.717) is 30.0 Å². The number of fused-ring (bicyclic) bond motifs is 2. The number of nitrogens with zero attached hydrogens (tertiary/aromatic N) is 3. The molecule has 1 saturated carbocycles. The molecule has 1 aromatic heterocycles. The van der Waals surface area contributed by atoms with Gasteiger partial charge in [0, 0.05) is 43.6 Å². The molecule has 0 amide bonds. The van der Waals surface area contributed by atoms with Gasteiger partial charge in [-0.3, -0.25) is 4.79 Å². The molecule has 5 nitrogen and oxygen atoms in total. The summed E-state index contributed by atoms with van der Waals surface area (Å²) >= 11 is 0. The Morgan fingerprint density at radius 3 is 2.60 bits per heavy atom. The van der Waals surface area contributed by atoms with Gasteiger partial charge in [-0.05, 0) is 38.5 Å². The highest BCUT2D eigenvalue weighted by atomic mass is 16.1. The molecule has 1 aliphatic carbocycles. The SMILES string of the molecule is CN(c1nccn(C2CC2)c1=O)C1CC2CCC(C1)N2. The van der Waals surface area contributed by atoms with Crippen LogP contribution in [-0.4, -0.2) is 34.7 Å². The van der Waals surface area contributed by atoms with Crippen molar-refractivity contribution in [3.63, 3.8) is 0 Å². The second-order valence-electron chi connectivity index (χ2n) is 6.57. The molecule has 2 bridgehead atoms.